The quantitative estimate of drug-likeness (QED) is 0.141. The van der Waals surface area contributed by atoms with Crippen molar-refractivity contribution < 1.29 is 53.4 Å². The molecule has 0 aromatic heterocycles. The van der Waals surface area contributed by atoms with Crippen molar-refractivity contribution in [3.63, 3.8) is 0 Å². The van der Waals surface area contributed by atoms with E-state index >= 15 is 0 Å². The zero-order chi connectivity index (χ0) is 26.3. The summed E-state index contributed by atoms with van der Waals surface area (Å²) in [6.07, 6.45) is 0.368. The van der Waals surface area contributed by atoms with Gasteiger partial charge in [-0.25, -0.2) is 23.6 Å². The number of sulfonamides is 1. The fourth-order valence-corrected chi connectivity index (χ4v) is 0.358. The maximum absolute atomic E-state index is 10.6. The molecule has 0 aliphatic rings. The predicted molar refractivity (Wildman–Crippen MR) is 114 cm³/mol. The van der Waals surface area contributed by atoms with Gasteiger partial charge in [-0.1, -0.05) is 11.9 Å². The van der Waals surface area contributed by atoms with Crippen LogP contribution in [0.25, 0.3) is 0 Å². The van der Waals surface area contributed by atoms with Crippen LogP contribution in [0.3, 0.4) is 0 Å². The highest BCUT2D eigenvalue weighted by molar-refractivity contribution is 7.88. The Labute approximate surface area is 189 Å². The number of carbonyl (C=O) groups is 3. The summed E-state index contributed by atoms with van der Waals surface area (Å²) in [5, 5.41) is 42.8. The Kier molecular flexibility index (Phi) is 23.9. The molecule has 196 valence electrons. The van der Waals surface area contributed by atoms with Crippen molar-refractivity contribution in [1.82, 2.24) is 24.5 Å². The molecule has 18 heteroatoms. The summed E-state index contributed by atoms with van der Waals surface area (Å²) in [7, 11) is 0.214. The molecule has 0 spiro atoms. The average molecular weight is 516 g/mol. The number of amides is 3. The van der Waals surface area contributed by atoms with Gasteiger partial charge in [-0.2, -0.15) is 0 Å². The highest BCUT2D eigenvalue weighted by Gasteiger charge is 2.14. The number of carbonyl (C=O) groups excluding carboxylic acids is 3. The molecule has 32 heavy (non-hydrogen) atoms. The third-order valence-corrected chi connectivity index (χ3v) is 5.01. The molecule has 3 amide bonds. The Morgan fingerprint density at radius 2 is 0.969 bits per heavy atom. The number of rotatable bonds is 4. The lowest BCUT2D eigenvalue weighted by molar-refractivity contribution is -0.171. The molecular weight excluding hydrogens is 477 g/mol. The Hall–Kier alpha value is -1.69. The van der Waals surface area contributed by atoms with Crippen LogP contribution in [0.15, 0.2) is 0 Å². The molecule has 16 nitrogen and oxygen atoms in total. The van der Waals surface area contributed by atoms with Gasteiger partial charge in [0.25, 0.3) is 11.8 Å². The minimum Gasteiger partial charge on any atom is -0.308 e. The van der Waals surface area contributed by atoms with Gasteiger partial charge in [0.2, 0.25) is 15.9 Å². The molecule has 0 heterocycles. The van der Waals surface area contributed by atoms with Crippen LogP contribution in [0, 0.1) is 0 Å². The van der Waals surface area contributed by atoms with Gasteiger partial charge in [-0.3, -0.25) is 35.2 Å². The topological polar surface area (TPSA) is 220 Å². The van der Waals surface area contributed by atoms with E-state index in [-0.39, 0.29) is 17.8 Å². The van der Waals surface area contributed by atoms with Crippen LogP contribution in [0.1, 0.15) is 20.8 Å². The Bertz CT molecular complexity index is 673. The summed E-state index contributed by atoms with van der Waals surface area (Å²) >= 11 is 0. The Morgan fingerprint density at radius 3 is 1.03 bits per heavy atom. The van der Waals surface area contributed by atoms with Gasteiger partial charge in [-0.05, 0) is 0 Å². The van der Waals surface area contributed by atoms with Crippen molar-refractivity contribution in [2.24, 2.45) is 0 Å². The van der Waals surface area contributed by atoms with Crippen molar-refractivity contribution in [2.75, 3.05) is 54.8 Å². The molecule has 0 rings (SSSR count). The van der Waals surface area contributed by atoms with Gasteiger partial charge in [0.15, 0.2) is 7.29 Å². The average Bonchev–Trinajstić information content (AvgIpc) is 2.54. The first-order valence-electron chi connectivity index (χ1n) is 7.93. The van der Waals surface area contributed by atoms with Crippen molar-refractivity contribution in [3.8, 4) is 0 Å². The summed E-state index contributed by atoms with van der Waals surface area (Å²) < 4.78 is 30.8. The van der Waals surface area contributed by atoms with E-state index < -0.39 is 35.6 Å². The van der Waals surface area contributed by atoms with Crippen LogP contribution in [0.5, 0.6) is 0 Å². The second kappa shape index (κ2) is 18.8. The standard InChI is InChI=1S/C5H10N2O4.C3H10NO2P.C3H7NO2.C2H7NO3S.CH4/c1-6(10)4(8)3-5(9)7(2)11;1-4(5)7(2,3)6;1-3(5)4(2)6;1-3(4)7(2,5)6;/h10-11H,3H2,1-2H3;5H,1-3H3;6H,1-2H3;4H,1-2H3;1H4. The highest BCUT2D eigenvalue weighted by Crippen LogP contribution is 2.37. The van der Waals surface area contributed by atoms with Gasteiger partial charge in [0, 0.05) is 55.5 Å². The minimum absolute atomic E-state index is 0. The number of hydrogen-bond donors (Lipinski definition) is 5. The summed E-state index contributed by atoms with van der Waals surface area (Å²) in [6.45, 7) is 4.26. The molecule has 5 N–H and O–H groups in total. The van der Waals surface area contributed by atoms with Gasteiger partial charge >= 0.3 is 0 Å². The molecule has 0 aliphatic carbocycles. The number of nitrogens with zero attached hydrogens (tertiary/aromatic N) is 5. The van der Waals surface area contributed by atoms with E-state index in [1.165, 1.54) is 34.3 Å². The van der Waals surface area contributed by atoms with Crippen LogP contribution in [0.4, 0.5) is 0 Å². The lowest BCUT2D eigenvalue weighted by Gasteiger charge is -2.11. The SMILES string of the molecule is C.CC(=O)N(C)O.CN(O)C(=O)CC(=O)N(C)O.CN(O)P(C)(C)=O.CN(O)S(C)(=O)=O. The largest absolute Gasteiger partial charge is 0.308 e. The Morgan fingerprint density at radius 1 is 0.781 bits per heavy atom. The zero-order valence-corrected chi connectivity index (χ0v) is 20.7. The van der Waals surface area contributed by atoms with Crippen LogP contribution in [-0.2, 0) is 29.0 Å². The normalized spacial score (nSPS) is 10.1. The van der Waals surface area contributed by atoms with E-state index in [2.05, 4.69) is 0 Å². The molecule has 0 atom stereocenters. The van der Waals surface area contributed by atoms with Crippen LogP contribution in [0.2, 0.25) is 0 Å². The van der Waals surface area contributed by atoms with E-state index in [1.807, 2.05) is 0 Å². The third-order valence-electron chi connectivity index (χ3n) is 2.66. The van der Waals surface area contributed by atoms with Gasteiger partial charge in [0.1, 0.15) is 6.42 Å². The van der Waals surface area contributed by atoms with Crippen molar-refractivity contribution >= 4 is 35.0 Å². The smallest absolute Gasteiger partial charge is 0.255 e. The summed E-state index contributed by atoms with van der Waals surface area (Å²) in [4.78, 5) is 31.7. The van der Waals surface area contributed by atoms with Crippen LogP contribution < -0.4 is 0 Å². The maximum atomic E-state index is 10.6. The molecule has 0 unspecified atom stereocenters. The first-order valence-corrected chi connectivity index (χ1v) is 12.3. The Balaban J connectivity index is -0.000000103. The predicted octanol–water partition coefficient (Wildman–Crippen LogP) is -0.326. The molecule has 0 saturated carbocycles. The lowest BCUT2D eigenvalue weighted by Crippen LogP contribution is -2.31. The van der Waals surface area contributed by atoms with Crippen molar-refractivity contribution in [1.29, 1.82) is 0 Å². The van der Waals surface area contributed by atoms with Gasteiger partial charge < -0.3 is 9.77 Å². The number of hydroxylamine groups is 8. The molecule has 0 aromatic rings. The maximum Gasteiger partial charge on any atom is 0.255 e. The second-order valence-corrected chi connectivity index (χ2v) is 11.2. The molecule has 0 aromatic carbocycles. The molecule has 0 fully saturated rings. The van der Waals surface area contributed by atoms with E-state index in [1.54, 1.807) is 0 Å². The van der Waals surface area contributed by atoms with Crippen LogP contribution in [-0.4, -0.2) is 131 Å². The first-order chi connectivity index (χ1) is 13.5. The third kappa shape index (κ3) is 30.5. The van der Waals surface area contributed by atoms with E-state index in [9.17, 15) is 27.4 Å². The van der Waals surface area contributed by atoms with E-state index in [0.717, 1.165) is 32.2 Å². The first kappa shape index (κ1) is 40.6. The summed E-state index contributed by atoms with van der Waals surface area (Å²) in [5.41, 5.74) is 0. The molecular formula is C14H38N5O11PS. The summed E-state index contributed by atoms with van der Waals surface area (Å²) in [6, 6.07) is 0. The van der Waals surface area contributed by atoms with E-state index in [4.69, 9.17) is 26.0 Å². The highest BCUT2D eigenvalue weighted by atomic mass is 32.2. The zero-order valence-electron chi connectivity index (χ0n) is 19.0. The molecule has 0 bridgehead atoms. The van der Waals surface area contributed by atoms with Crippen molar-refractivity contribution in [2.45, 2.75) is 20.8 Å². The summed E-state index contributed by atoms with van der Waals surface area (Å²) in [5.74, 6) is -1.89. The fourth-order valence-electron chi connectivity index (χ4n) is 0.358. The van der Waals surface area contributed by atoms with E-state index in [0.29, 0.717) is 15.2 Å². The molecule has 0 aliphatic heterocycles. The fraction of sp³-hybridized carbons (Fsp3) is 0.786. The van der Waals surface area contributed by atoms with Crippen molar-refractivity contribution in [3.05, 3.63) is 0 Å². The number of hydrogen-bond acceptors (Lipinski definition) is 11. The van der Waals surface area contributed by atoms with Gasteiger partial charge in [0.05, 0.1) is 6.26 Å². The van der Waals surface area contributed by atoms with Crippen LogP contribution >= 0.6 is 7.29 Å². The molecule has 0 saturated heterocycles. The lowest BCUT2D eigenvalue weighted by atomic mass is 10.4. The second-order valence-electron chi connectivity index (χ2n) is 6.03. The molecule has 0 radical (unpaired) electrons. The minimum atomic E-state index is -3.35. The van der Waals surface area contributed by atoms with Gasteiger partial charge in [-0.15, -0.1) is 4.83 Å². The monoisotopic (exact) mass is 515 g/mol.